The standard InChI is InChI=1S/C24H25BrClN3OS/c1-15-5-10-22(16(2)11-15)29-17(3)21(24(25)18(29)4)12-27-28-23(30)14-31-13-19-6-8-20(26)9-7-19/h5-12H,13-14H2,1-4H3,(H,28,30)/b27-12-. The monoisotopic (exact) mass is 517 g/mol. The Balaban J connectivity index is 1.64. The van der Waals surface area contributed by atoms with Crippen molar-refractivity contribution in [2.75, 3.05) is 5.75 Å². The minimum atomic E-state index is -0.130. The van der Waals surface area contributed by atoms with E-state index in [1.165, 1.54) is 22.9 Å². The summed E-state index contributed by atoms with van der Waals surface area (Å²) in [5.41, 5.74) is 10.5. The predicted molar refractivity (Wildman–Crippen MR) is 136 cm³/mol. The Hall–Kier alpha value is -2.02. The zero-order chi connectivity index (χ0) is 22.5. The van der Waals surface area contributed by atoms with E-state index < -0.39 is 0 Å². The maximum Gasteiger partial charge on any atom is 0.250 e. The number of nitrogens with one attached hydrogen (secondary N) is 1. The molecule has 1 aromatic heterocycles. The van der Waals surface area contributed by atoms with Crippen LogP contribution in [-0.4, -0.2) is 22.4 Å². The van der Waals surface area contributed by atoms with E-state index in [9.17, 15) is 4.79 Å². The molecule has 31 heavy (non-hydrogen) atoms. The lowest BCUT2D eigenvalue weighted by atomic mass is 10.1. The molecule has 0 aliphatic carbocycles. The molecular weight excluding hydrogens is 494 g/mol. The molecule has 1 N–H and O–H groups in total. The molecule has 0 bridgehead atoms. The fraction of sp³-hybridized carbons (Fsp3) is 0.250. The van der Waals surface area contributed by atoms with Gasteiger partial charge in [-0.25, -0.2) is 5.43 Å². The molecule has 0 saturated carbocycles. The number of aryl methyl sites for hydroxylation is 2. The molecule has 0 fully saturated rings. The van der Waals surface area contributed by atoms with Crippen molar-refractivity contribution < 1.29 is 4.79 Å². The van der Waals surface area contributed by atoms with Crippen LogP contribution in [0.25, 0.3) is 5.69 Å². The molecule has 0 radical (unpaired) electrons. The van der Waals surface area contributed by atoms with Gasteiger partial charge in [0.15, 0.2) is 0 Å². The molecular formula is C24H25BrClN3OS. The van der Waals surface area contributed by atoms with Crippen molar-refractivity contribution in [3.05, 3.63) is 85.6 Å². The molecule has 7 heteroatoms. The van der Waals surface area contributed by atoms with Crippen LogP contribution in [0.2, 0.25) is 5.02 Å². The molecule has 2 aromatic carbocycles. The van der Waals surface area contributed by atoms with Gasteiger partial charge in [0.1, 0.15) is 0 Å². The van der Waals surface area contributed by atoms with Gasteiger partial charge >= 0.3 is 0 Å². The van der Waals surface area contributed by atoms with Crippen LogP contribution in [0.5, 0.6) is 0 Å². The maximum absolute atomic E-state index is 12.1. The number of amides is 1. The Bertz CT molecular complexity index is 1120. The molecule has 3 rings (SSSR count). The number of hydrogen-bond donors (Lipinski definition) is 1. The first-order valence-electron chi connectivity index (χ1n) is 9.87. The summed E-state index contributed by atoms with van der Waals surface area (Å²) in [5.74, 6) is 0.953. The summed E-state index contributed by atoms with van der Waals surface area (Å²) in [6, 6.07) is 14.1. The lowest BCUT2D eigenvalue weighted by molar-refractivity contribution is -0.118. The Kier molecular flexibility index (Phi) is 8.03. The zero-order valence-electron chi connectivity index (χ0n) is 18.0. The minimum absolute atomic E-state index is 0.130. The Morgan fingerprint density at radius 2 is 1.84 bits per heavy atom. The number of aromatic nitrogens is 1. The van der Waals surface area contributed by atoms with Gasteiger partial charge in [-0.2, -0.15) is 5.10 Å². The van der Waals surface area contributed by atoms with Gasteiger partial charge in [-0.05, 0) is 73.0 Å². The first-order chi connectivity index (χ1) is 14.8. The van der Waals surface area contributed by atoms with E-state index in [-0.39, 0.29) is 5.91 Å². The van der Waals surface area contributed by atoms with E-state index in [1.807, 2.05) is 24.3 Å². The molecule has 0 aliphatic heterocycles. The Morgan fingerprint density at radius 1 is 1.13 bits per heavy atom. The van der Waals surface area contributed by atoms with Crippen LogP contribution in [0.3, 0.4) is 0 Å². The van der Waals surface area contributed by atoms with Crippen LogP contribution in [0.4, 0.5) is 0 Å². The highest BCUT2D eigenvalue weighted by Crippen LogP contribution is 2.31. The van der Waals surface area contributed by atoms with E-state index in [4.69, 9.17) is 11.6 Å². The summed E-state index contributed by atoms with van der Waals surface area (Å²) in [6.07, 6.45) is 1.70. The Morgan fingerprint density at radius 3 is 2.52 bits per heavy atom. The van der Waals surface area contributed by atoms with E-state index in [2.05, 4.69) is 76.9 Å². The Labute approximate surface area is 201 Å². The lowest BCUT2D eigenvalue weighted by Gasteiger charge is -2.13. The van der Waals surface area contributed by atoms with Gasteiger partial charge in [0.05, 0.1) is 12.0 Å². The number of benzene rings is 2. The first-order valence-corrected chi connectivity index (χ1v) is 12.2. The van der Waals surface area contributed by atoms with E-state index in [0.29, 0.717) is 10.8 Å². The average Bonchev–Trinajstić information content (AvgIpc) is 2.93. The van der Waals surface area contributed by atoms with Crippen LogP contribution in [0, 0.1) is 27.7 Å². The summed E-state index contributed by atoms with van der Waals surface area (Å²) in [4.78, 5) is 12.1. The molecule has 4 nitrogen and oxygen atoms in total. The highest BCUT2D eigenvalue weighted by atomic mass is 79.9. The predicted octanol–water partition coefficient (Wildman–Crippen LogP) is 6.51. The number of rotatable bonds is 7. The third-order valence-corrected chi connectivity index (χ3v) is 7.26. The smallest absolute Gasteiger partial charge is 0.250 e. The van der Waals surface area contributed by atoms with E-state index in [1.54, 1.807) is 6.21 Å². The van der Waals surface area contributed by atoms with Gasteiger partial charge in [0.25, 0.3) is 0 Å². The zero-order valence-corrected chi connectivity index (χ0v) is 21.2. The number of carbonyl (C=O) groups is 1. The van der Waals surface area contributed by atoms with Gasteiger partial charge in [-0.1, -0.05) is 41.4 Å². The van der Waals surface area contributed by atoms with Crippen molar-refractivity contribution in [2.45, 2.75) is 33.4 Å². The highest BCUT2D eigenvalue weighted by Gasteiger charge is 2.17. The average molecular weight is 519 g/mol. The van der Waals surface area contributed by atoms with Crippen LogP contribution in [0.1, 0.15) is 33.6 Å². The molecule has 0 aliphatic rings. The third kappa shape index (κ3) is 5.82. The van der Waals surface area contributed by atoms with Gasteiger partial charge in [-0.3, -0.25) is 4.79 Å². The second-order valence-electron chi connectivity index (χ2n) is 7.44. The highest BCUT2D eigenvalue weighted by molar-refractivity contribution is 9.10. The normalized spacial score (nSPS) is 11.3. The number of hydrogen-bond acceptors (Lipinski definition) is 3. The molecule has 0 spiro atoms. The molecule has 0 atom stereocenters. The molecule has 162 valence electrons. The van der Waals surface area contributed by atoms with Crippen molar-refractivity contribution >= 4 is 51.4 Å². The first kappa shape index (κ1) is 23.6. The van der Waals surface area contributed by atoms with Gasteiger partial charge in [0.2, 0.25) is 5.91 Å². The van der Waals surface area contributed by atoms with Gasteiger partial charge in [-0.15, -0.1) is 11.8 Å². The van der Waals surface area contributed by atoms with Crippen LogP contribution in [-0.2, 0) is 10.5 Å². The topological polar surface area (TPSA) is 46.4 Å². The number of halogens is 2. The maximum atomic E-state index is 12.1. The van der Waals surface area contributed by atoms with E-state index in [0.717, 1.165) is 38.4 Å². The quantitative estimate of drug-likeness (QED) is 0.286. The summed E-state index contributed by atoms with van der Waals surface area (Å²) in [5, 5.41) is 4.90. The number of hydrazone groups is 1. The van der Waals surface area contributed by atoms with Crippen LogP contribution >= 0.6 is 39.3 Å². The molecule has 1 amide bonds. The fourth-order valence-electron chi connectivity index (χ4n) is 3.43. The number of thioether (sulfide) groups is 1. The summed E-state index contributed by atoms with van der Waals surface area (Å²) < 4.78 is 3.18. The third-order valence-electron chi connectivity index (χ3n) is 5.01. The van der Waals surface area contributed by atoms with Gasteiger partial charge < -0.3 is 4.57 Å². The lowest BCUT2D eigenvalue weighted by Crippen LogP contribution is -2.19. The van der Waals surface area contributed by atoms with Crippen molar-refractivity contribution in [3.8, 4) is 5.69 Å². The van der Waals surface area contributed by atoms with Crippen LogP contribution in [0.15, 0.2) is 52.0 Å². The van der Waals surface area contributed by atoms with Crippen molar-refractivity contribution in [3.63, 3.8) is 0 Å². The van der Waals surface area contributed by atoms with Crippen molar-refractivity contribution in [1.29, 1.82) is 0 Å². The SMILES string of the molecule is Cc1ccc(-n2c(C)c(Br)c(/C=N\NC(=O)CSCc3ccc(Cl)cc3)c2C)c(C)c1. The van der Waals surface area contributed by atoms with E-state index >= 15 is 0 Å². The molecule has 0 saturated heterocycles. The largest absolute Gasteiger partial charge is 0.316 e. The summed E-state index contributed by atoms with van der Waals surface area (Å²) >= 11 is 11.1. The second kappa shape index (κ2) is 10.5. The molecule has 0 unspecified atom stereocenters. The number of carbonyl (C=O) groups excluding carboxylic acids is 1. The summed E-state index contributed by atoms with van der Waals surface area (Å²) in [6.45, 7) is 8.34. The van der Waals surface area contributed by atoms with Crippen molar-refractivity contribution in [2.24, 2.45) is 5.10 Å². The minimum Gasteiger partial charge on any atom is -0.316 e. The van der Waals surface area contributed by atoms with Gasteiger partial charge in [0, 0.05) is 37.9 Å². The summed E-state index contributed by atoms with van der Waals surface area (Å²) in [7, 11) is 0. The second-order valence-corrected chi connectivity index (χ2v) is 9.65. The fourth-order valence-corrected chi connectivity index (χ4v) is 4.91. The molecule has 3 aromatic rings. The number of nitrogens with zero attached hydrogens (tertiary/aromatic N) is 2. The molecule has 1 heterocycles. The van der Waals surface area contributed by atoms with Crippen molar-refractivity contribution in [1.82, 2.24) is 9.99 Å². The van der Waals surface area contributed by atoms with Crippen LogP contribution < -0.4 is 5.43 Å².